The number of carbonyl (C=O) groups is 1. The van der Waals surface area contributed by atoms with Crippen molar-refractivity contribution in [2.24, 2.45) is 14.1 Å². The number of cyclic esters (lactones) is 1. The number of carbonyl (C=O) groups excluding carboxylic acids is 1. The Morgan fingerprint density at radius 3 is 2.38 bits per heavy atom. The minimum absolute atomic E-state index is 0.00726. The molecular weight excluding hydrogens is 363 g/mol. The van der Waals surface area contributed by atoms with Crippen LogP contribution in [0.3, 0.4) is 0 Å². The van der Waals surface area contributed by atoms with Gasteiger partial charge >= 0.3 is 17.5 Å². The summed E-state index contributed by atoms with van der Waals surface area (Å²) in [4.78, 5) is 38.0. The molecule has 1 aromatic carbocycles. The molecule has 0 radical (unpaired) electrons. The molecule has 2 aromatic rings. The lowest BCUT2D eigenvalue weighted by molar-refractivity contribution is 0.142. The minimum atomic E-state index is -0.821. The molecule has 26 heavy (non-hydrogen) atoms. The van der Waals surface area contributed by atoms with Gasteiger partial charge in [-0.2, -0.15) is 0 Å². The SMILES string of the molecule is C#CCN1C(=O)OCc2cc(F)c(-n3c(=O)n(C)c(=S)n(C)c3=O)cc21. The maximum atomic E-state index is 14.7. The average molecular weight is 376 g/mol. The number of aromatic nitrogens is 3. The van der Waals surface area contributed by atoms with Gasteiger partial charge in [-0.15, -0.1) is 6.42 Å². The molecular formula is C16H13FN4O4S. The molecule has 0 N–H and O–H groups in total. The Bertz CT molecular complexity index is 1110. The number of amides is 1. The number of benzene rings is 1. The molecule has 1 aromatic heterocycles. The van der Waals surface area contributed by atoms with Crippen LogP contribution in [0.1, 0.15) is 5.56 Å². The lowest BCUT2D eigenvalue weighted by Crippen LogP contribution is -2.44. The van der Waals surface area contributed by atoms with E-state index in [0.29, 0.717) is 10.1 Å². The van der Waals surface area contributed by atoms with Crippen LogP contribution in [0.15, 0.2) is 21.7 Å². The van der Waals surface area contributed by atoms with Gasteiger partial charge in [0, 0.05) is 19.7 Å². The van der Waals surface area contributed by atoms with E-state index in [-0.39, 0.29) is 29.3 Å². The molecule has 134 valence electrons. The van der Waals surface area contributed by atoms with Crippen molar-refractivity contribution in [3.05, 3.63) is 49.3 Å². The molecule has 3 rings (SSSR count). The Kier molecular flexibility index (Phi) is 4.25. The number of hydrogen-bond acceptors (Lipinski definition) is 5. The van der Waals surface area contributed by atoms with E-state index in [4.69, 9.17) is 23.4 Å². The fourth-order valence-electron chi connectivity index (χ4n) is 2.66. The Labute approximate surface area is 151 Å². The summed E-state index contributed by atoms with van der Waals surface area (Å²) in [6.45, 7) is -0.249. The molecule has 8 nitrogen and oxygen atoms in total. The van der Waals surface area contributed by atoms with Gasteiger partial charge in [-0.1, -0.05) is 5.92 Å². The number of rotatable bonds is 2. The number of anilines is 1. The molecule has 1 amide bonds. The van der Waals surface area contributed by atoms with E-state index in [2.05, 4.69) is 5.92 Å². The monoisotopic (exact) mass is 376 g/mol. The van der Waals surface area contributed by atoms with Crippen LogP contribution in [0.25, 0.3) is 5.69 Å². The van der Waals surface area contributed by atoms with Crippen molar-refractivity contribution in [2.45, 2.75) is 6.61 Å². The summed E-state index contributed by atoms with van der Waals surface area (Å²) >= 11 is 5.01. The first-order valence-electron chi connectivity index (χ1n) is 7.37. The molecule has 0 aliphatic carbocycles. The third-order valence-corrected chi connectivity index (χ3v) is 4.58. The largest absolute Gasteiger partial charge is 0.444 e. The maximum Gasteiger partial charge on any atom is 0.415 e. The topological polar surface area (TPSA) is 78.5 Å². The highest BCUT2D eigenvalue weighted by Crippen LogP contribution is 2.30. The van der Waals surface area contributed by atoms with Gasteiger partial charge < -0.3 is 4.74 Å². The molecule has 0 atom stereocenters. The molecule has 10 heteroatoms. The van der Waals surface area contributed by atoms with Crippen LogP contribution in [0, 0.1) is 22.9 Å². The summed E-state index contributed by atoms with van der Waals surface area (Å²) in [5.41, 5.74) is -1.28. The van der Waals surface area contributed by atoms with Crippen molar-refractivity contribution >= 4 is 24.0 Å². The third kappa shape index (κ3) is 2.53. The van der Waals surface area contributed by atoms with Crippen molar-refractivity contribution in [3.8, 4) is 18.0 Å². The first-order chi connectivity index (χ1) is 12.3. The summed E-state index contributed by atoms with van der Waals surface area (Å²) in [5.74, 6) is 1.49. The van der Waals surface area contributed by atoms with Gasteiger partial charge in [-0.05, 0) is 24.4 Å². The van der Waals surface area contributed by atoms with Gasteiger partial charge in [0.1, 0.15) is 12.4 Å². The lowest BCUT2D eigenvalue weighted by Gasteiger charge is -2.28. The van der Waals surface area contributed by atoms with Gasteiger partial charge in [0.05, 0.1) is 17.9 Å². The molecule has 1 aliphatic rings. The van der Waals surface area contributed by atoms with Crippen LogP contribution < -0.4 is 16.3 Å². The van der Waals surface area contributed by atoms with Crippen LogP contribution in [0.5, 0.6) is 0 Å². The van der Waals surface area contributed by atoms with Gasteiger partial charge in [0.25, 0.3) is 0 Å². The van der Waals surface area contributed by atoms with Crippen LogP contribution in [-0.2, 0) is 25.4 Å². The van der Waals surface area contributed by atoms with Crippen molar-refractivity contribution < 1.29 is 13.9 Å². The highest BCUT2D eigenvalue weighted by Gasteiger charge is 2.28. The van der Waals surface area contributed by atoms with Gasteiger partial charge in [0.2, 0.25) is 0 Å². The summed E-state index contributed by atoms with van der Waals surface area (Å²) in [5, 5.41) is 0. The number of ether oxygens (including phenoxy) is 1. The summed E-state index contributed by atoms with van der Waals surface area (Å²) in [6.07, 6.45) is 4.57. The predicted octanol–water partition coefficient (Wildman–Crippen LogP) is 0.833. The zero-order chi connectivity index (χ0) is 19.2. The molecule has 1 aliphatic heterocycles. The number of halogens is 1. The Morgan fingerprint density at radius 2 is 1.81 bits per heavy atom. The highest BCUT2D eigenvalue weighted by molar-refractivity contribution is 7.71. The molecule has 0 spiro atoms. The average Bonchev–Trinajstić information content (AvgIpc) is 2.62. The second-order valence-corrected chi connectivity index (χ2v) is 5.94. The van der Waals surface area contributed by atoms with E-state index in [9.17, 15) is 18.8 Å². The van der Waals surface area contributed by atoms with Crippen molar-refractivity contribution in [1.29, 1.82) is 0 Å². The summed E-state index contributed by atoms with van der Waals surface area (Å²) in [6, 6.07) is 2.34. The number of terminal acetylenes is 1. The lowest BCUT2D eigenvalue weighted by atomic mass is 10.1. The first kappa shape index (κ1) is 17.6. The van der Waals surface area contributed by atoms with Gasteiger partial charge in [-0.3, -0.25) is 14.0 Å². The van der Waals surface area contributed by atoms with E-state index >= 15 is 0 Å². The van der Waals surface area contributed by atoms with E-state index in [1.807, 2.05) is 0 Å². The van der Waals surface area contributed by atoms with E-state index in [1.165, 1.54) is 20.2 Å². The Morgan fingerprint density at radius 1 is 1.19 bits per heavy atom. The predicted molar refractivity (Wildman–Crippen MR) is 93.4 cm³/mol. The fourth-order valence-corrected chi connectivity index (χ4v) is 2.82. The Hall–Kier alpha value is -3.19. The van der Waals surface area contributed by atoms with Gasteiger partial charge in [0.15, 0.2) is 4.77 Å². The highest BCUT2D eigenvalue weighted by atomic mass is 32.1. The second kappa shape index (κ2) is 6.27. The van der Waals surface area contributed by atoms with Crippen molar-refractivity contribution in [1.82, 2.24) is 13.7 Å². The number of hydrogen-bond donors (Lipinski definition) is 0. The van der Waals surface area contributed by atoms with Crippen molar-refractivity contribution in [2.75, 3.05) is 11.4 Å². The molecule has 2 heterocycles. The number of fused-ring (bicyclic) bond motifs is 1. The van der Waals surface area contributed by atoms with E-state index in [1.54, 1.807) is 0 Å². The molecule has 0 unspecified atom stereocenters. The molecule has 0 bridgehead atoms. The smallest absolute Gasteiger partial charge is 0.415 e. The van der Waals surface area contributed by atoms with Crippen LogP contribution in [-0.4, -0.2) is 26.3 Å². The fraction of sp³-hybridized carbons (Fsp3) is 0.250. The van der Waals surface area contributed by atoms with Crippen LogP contribution in [0.4, 0.5) is 14.9 Å². The van der Waals surface area contributed by atoms with Crippen molar-refractivity contribution in [3.63, 3.8) is 0 Å². The van der Waals surface area contributed by atoms with Crippen LogP contribution in [0.2, 0.25) is 0 Å². The Balaban J connectivity index is 2.35. The summed E-state index contributed by atoms with van der Waals surface area (Å²) < 4.78 is 22.3. The molecule has 0 saturated heterocycles. The zero-order valence-corrected chi connectivity index (χ0v) is 14.7. The first-order valence-corrected chi connectivity index (χ1v) is 7.78. The minimum Gasteiger partial charge on any atom is -0.444 e. The second-order valence-electron chi connectivity index (χ2n) is 5.58. The van der Waals surface area contributed by atoms with Gasteiger partial charge in [-0.25, -0.2) is 23.3 Å². The standard InChI is InChI=1S/C16H13FN4O4S/c1-4-5-20-11-7-12(10(17)6-9(11)8-25-16(20)24)21-13(22)18(2)15(26)19(3)14(21)23/h1,6-7H,5,8H2,2-3H3. The normalized spacial score (nSPS) is 13.2. The zero-order valence-electron chi connectivity index (χ0n) is 13.9. The maximum absolute atomic E-state index is 14.7. The number of nitrogens with zero attached hydrogens (tertiary/aromatic N) is 4. The third-order valence-electron chi connectivity index (χ3n) is 4.03. The quantitative estimate of drug-likeness (QED) is 0.573. The summed E-state index contributed by atoms with van der Waals surface area (Å²) in [7, 11) is 2.75. The van der Waals surface area contributed by atoms with E-state index < -0.39 is 23.3 Å². The van der Waals surface area contributed by atoms with E-state index in [0.717, 1.165) is 20.1 Å². The van der Waals surface area contributed by atoms with Crippen LogP contribution >= 0.6 is 12.2 Å². The molecule has 0 saturated carbocycles. The molecule has 0 fully saturated rings.